The number of likely N-dealkylation sites (N-methyl/N-ethyl adjacent to an activating group) is 1. The number of para-hydroxylation sites is 1. The van der Waals surface area contributed by atoms with E-state index in [1.807, 2.05) is 12.1 Å². The molecule has 0 saturated carbocycles. The molecule has 4 nitrogen and oxygen atoms in total. The van der Waals surface area contributed by atoms with Crippen molar-refractivity contribution < 1.29 is 4.74 Å². The van der Waals surface area contributed by atoms with E-state index >= 15 is 0 Å². The zero-order valence-electron chi connectivity index (χ0n) is 12.4. The van der Waals surface area contributed by atoms with Gasteiger partial charge in [-0.15, -0.1) is 11.6 Å². The topological polar surface area (TPSA) is 30.3 Å². The normalized spacial score (nSPS) is 11.7. The van der Waals surface area contributed by atoms with Crippen LogP contribution < -0.4 is 0 Å². The number of methoxy groups -OCH3 is 1. The van der Waals surface area contributed by atoms with Crippen molar-refractivity contribution in [3.05, 3.63) is 29.6 Å². The van der Waals surface area contributed by atoms with Crippen LogP contribution >= 0.6 is 11.6 Å². The Hall–Kier alpha value is -1.10. The SMILES string of the molecule is COCCN(C)CCn1c(CCl)nc2cccc(C)c21. The molecule has 0 atom stereocenters. The molecule has 0 amide bonds. The van der Waals surface area contributed by atoms with Crippen LogP contribution in [0.2, 0.25) is 0 Å². The number of rotatable bonds is 7. The summed E-state index contributed by atoms with van der Waals surface area (Å²) in [6.45, 7) is 5.64. The number of benzene rings is 1. The standard InChI is InChI=1S/C15H22ClN3O/c1-12-5-4-6-13-15(12)19(14(11-16)17-13)8-7-18(2)9-10-20-3/h4-6H,7-11H2,1-3H3. The maximum Gasteiger partial charge on any atom is 0.124 e. The van der Waals surface area contributed by atoms with E-state index in [1.165, 1.54) is 11.1 Å². The van der Waals surface area contributed by atoms with Crippen LogP contribution in [0.25, 0.3) is 11.0 Å². The van der Waals surface area contributed by atoms with E-state index in [0.29, 0.717) is 5.88 Å². The molecule has 0 fully saturated rings. The van der Waals surface area contributed by atoms with Crippen LogP contribution in [-0.4, -0.2) is 48.3 Å². The lowest BCUT2D eigenvalue weighted by atomic mass is 10.2. The van der Waals surface area contributed by atoms with Crippen LogP contribution in [0.5, 0.6) is 0 Å². The lowest BCUT2D eigenvalue weighted by Gasteiger charge is -2.17. The Bertz CT molecular complexity index is 567. The first kappa shape index (κ1) is 15.3. The van der Waals surface area contributed by atoms with Crippen molar-refractivity contribution >= 4 is 22.6 Å². The Morgan fingerprint density at radius 3 is 2.85 bits per heavy atom. The number of alkyl halides is 1. The summed E-state index contributed by atoms with van der Waals surface area (Å²) in [5, 5.41) is 0. The van der Waals surface area contributed by atoms with E-state index in [9.17, 15) is 0 Å². The first-order valence-corrected chi connectivity index (χ1v) is 7.39. The van der Waals surface area contributed by atoms with Gasteiger partial charge in [0.1, 0.15) is 5.82 Å². The number of fused-ring (bicyclic) bond motifs is 1. The Morgan fingerprint density at radius 2 is 2.15 bits per heavy atom. The molecule has 5 heteroatoms. The molecule has 0 unspecified atom stereocenters. The van der Waals surface area contributed by atoms with Gasteiger partial charge in [-0.2, -0.15) is 0 Å². The van der Waals surface area contributed by atoms with Crippen LogP contribution in [0.1, 0.15) is 11.4 Å². The van der Waals surface area contributed by atoms with Crippen molar-refractivity contribution in [2.24, 2.45) is 0 Å². The number of hydrogen-bond acceptors (Lipinski definition) is 3. The van der Waals surface area contributed by atoms with Crippen LogP contribution in [0.4, 0.5) is 0 Å². The number of imidazole rings is 1. The number of aromatic nitrogens is 2. The largest absolute Gasteiger partial charge is 0.383 e. The highest BCUT2D eigenvalue weighted by atomic mass is 35.5. The van der Waals surface area contributed by atoms with E-state index in [4.69, 9.17) is 16.3 Å². The van der Waals surface area contributed by atoms with Crippen LogP contribution in [0.3, 0.4) is 0 Å². The highest BCUT2D eigenvalue weighted by Gasteiger charge is 2.12. The number of hydrogen-bond donors (Lipinski definition) is 0. The maximum absolute atomic E-state index is 6.04. The maximum atomic E-state index is 6.04. The molecular weight excluding hydrogens is 274 g/mol. The monoisotopic (exact) mass is 295 g/mol. The van der Waals surface area contributed by atoms with Crippen LogP contribution in [0, 0.1) is 6.92 Å². The molecule has 0 saturated heterocycles. The fourth-order valence-electron chi connectivity index (χ4n) is 2.39. The first-order valence-electron chi connectivity index (χ1n) is 6.85. The van der Waals surface area contributed by atoms with Gasteiger partial charge in [0, 0.05) is 26.7 Å². The van der Waals surface area contributed by atoms with Gasteiger partial charge in [0.15, 0.2) is 0 Å². The highest BCUT2D eigenvalue weighted by molar-refractivity contribution is 6.16. The molecule has 2 aromatic rings. The molecule has 110 valence electrons. The smallest absolute Gasteiger partial charge is 0.124 e. The van der Waals surface area contributed by atoms with Crippen LogP contribution in [-0.2, 0) is 17.2 Å². The zero-order chi connectivity index (χ0) is 14.5. The van der Waals surface area contributed by atoms with E-state index < -0.39 is 0 Å². The lowest BCUT2D eigenvalue weighted by Crippen LogP contribution is -2.27. The van der Waals surface area contributed by atoms with Crippen molar-refractivity contribution in [3.63, 3.8) is 0 Å². The van der Waals surface area contributed by atoms with Gasteiger partial charge in [0.25, 0.3) is 0 Å². The molecule has 0 aliphatic heterocycles. The summed E-state index contributed by atoms with van der Waals surface area (Å²) in [4.78, 5) is 6.88. The van der Waals surface area contributed by atoms with E-state index in [1.54, 1.807) is 7.11 Å². The van der Waals surface area contributed by atoms with Crippen molar-refractivity contribution in [1.29, 1.82) is 0 Å². The predicted octanol–water partition coefficient (Wildman–Crippen LogP) is 2.66. The summed E-state index contributed by atoms with van der Waals surface area (Å²) in [6.07, 6.45) is 0. The zero-order valence-corrected chi connectivity index (χ0v) is 13.2. The molecule has 1 aromatic carbocycles. The number of ether oxygens (including phenoxy) is 1. The van der Waals surface area contributed by atoms with Crippen molar-refractivity contribution in [2.45, 2.75) is 19.3 Å². The van der Waals surface area contributed by atoms with Crippen molar-refractivity contribution in [1.82, 2.24) is 14.5 Å². The molecule has 0 aliphatic carbocycles. The van der Waals surface area contributed by atoms with Gasteiger partial charge in [-0.3, -0.25) is 0 Å². The van der Waals surface area contributed by atoms with Crippen molar-refractivity contribution in [3.8, 4) is 0 Å². The van der Waals surface area contributed by atoms with Gasteiger partial charge in [0.2, 0.25) is 0 Å². The second-order valence-electron chi connectivity index (χ2n) is 5.05. The minimum Gasteiger partial charge on any atom is -0.383 e. The summed E-state index contributed by atoms with van der Waals surface area (Å²) in [6, 6.07) is 6.20. The van der Waals surface area contributed by atoms with Gasteiger partial charge in [-0.25, -0.2) is 4.98 Å². The summed E-state index contributed by atoms with van der Waals surface area (Å²) < 4.78 is 7.34. The molecule has 0 aliphatic rings. The number of halogens is 1. The van der Waals surface area contributed by atoms with Crippen LogP contribution in [0.15, 0.2) is 18.2 Å². The summed E-state index contributed by atoms with van der Waals surface area (Å²) in [5.41, 5.74) is 3.47. The number of nitrogens with zero attached hydrogens (tertiary/aromatic N) is 3. The Kier molecular flexibility index (Phi) is 5.40. The molecule has 2 rings (SSSR count). The number of aryl methyl sites for hydroxylation is 1. The minimum atomic E-state index is 0.440. The quantitative estimate of drug-likeness (QED) is 0.736. The third-order valence-corrected chi connectivity index (χ3v) is 3.79. The molecule has 0 spiro atoms. The van der Waals surface area contributed by atoms with Crippen molar-refractivity contribution in [2.75, 3.05) is 33.9 Å². The van der Waals surface area contributed by atoms with E-state index in [2.05, 4.69) is 34.5 Å². The fourth-order valence-corrected chi connectivity index (χ4v) is 2.59. The van der Waals surface area contributed by atoms with E-state index in [-0.39, 0.29) is 0 Å². The summed E-state index contributed by atoms with van der Waals surface area (Å²) >= 11 is 6.04. The second-order valence-corrected chi connectivity index (χ2v) is 5.32. The fraction of sp³-hybridized carbons (Fsp3) is 0.533. The van der Waals surface area contributed by atoms with Gasteiger partial charge < -0.3 is 14.2 Å². The predicted molar refractivity (Wildman–Crippen MR) is 83.4 cm³/mol. The van der Waals surface area contributed by atoms with Gasteiger partial charge in [0.05, 0.1) is 23.5 Å². The second kappa shape index (κ2) is 7.07. The average Bonchev–Trinajstić information content (AvgIpc) is 2.82. The molecular formula is C15H22ClN3O. The third-order valence-electron chi connectivity index (χ3n) is 3.55. The summed E-state index contributed by atoms with van der Waals surface area (Å²) in [5.74, 6) is 1.38. The Labute approximate surface area is 125 Å². The molecule has 0 N–H and O–H groups in total. The van der Waals surface area contributed by atoms with E-state index in [0.717, 1.165) is 37.6 Å². The highest BCUT2D eigenvalue weighted by Crippen LogP contribution is 2.21. The molecule has 0 radical (unpaired) electrons. The van der Waals surface area contributed by atoms with Gasteiger partial charge in [-0.1, -0.05) is 12.1 Å². The first-order chi connectivity index (χ1) is 9.67. The third kappa shape index (κ3) is 3.32. The summed E-state index contributed by atoms with van der Waals surface area (Å²) in [7, 11) is 3.83. The molecule has 1 heterocycles. The van der Waals surface area contributed by atoms with Gasteiger partial charge >= 0.3 is 0 Å². The lowest BCUT2D eigenvalue weighted by molar-refractivity contribution is 0.159. The Balaban J connectivity index is 2.19. The Morgan fingerprint density at radius 1 is 1.35 bits per heavy atom. The average molecular weight is 296 g/mol. The molecule has 20 heavy (non-hydrogen) atoms. The minimum absolute atomic E-state index is 0.440. The molecule has 0 bridgehead atoms. The molecule has 1 aromatic heterocycles. The van der Waals surface area contributed by atoms with Gasteiger partial charge in [-0.05, 0) is 25.6 Å².